The number of hydrogen-bond acceptors (Lipinski definition) is 5. The number of nitrogens with zero attached hydrogens (tertiary/aromatic N) is 3. The Balaban J connectivity index is 1.37. The normalized spacial score (nSPS) is 13.3. The summed E-state index contributed by atoms with van der Waals surface area (Å²) in [6.45, 7) is 0.531. The van der Waals surface area contributed by atoms with Gasteiger partial charge in [0.25, 0.3) is 0 Å². The van der Waals surface area contributed by atoms with Crippen molar-refractivity contribution in [2.24, 2.45) is 0 Å². The second-order valence-corrected chi connectivity index (χ2v) is 6.52. The largest absolute Gasteiger partial charge is 0.497 e. The van der Waals surface area contributed by atoms with Crippen LogP contribution in [0.4, 0.5) is 10.5 Å². The molecule has 4 rings (SSSR count). The third kappa shape index (κ3) is 3.78. The Morgan fingerprint density at radius 2 is 2.07 bits per heavy atom. The number of carbonyl (C=O) groups is 1. The van der Waals surface area contributed by atoms with Crippen LogP contribution in [0.15, 0.2) is 51.9 Å². The van der Waals surface area contributed by atoms with E-state index in [4.69, 9.17) is 9.15 Å². The average molecular weight is 383 g/mol. The Kier molecular flexibility index (Phi) is 4.88. The van der Waals surface area contributed by atoms with Crippen molar-refractivity contribution < 1.29 is 13.9 Å². The van der Waals surface area contributed by atoms with Gasteiger partial charge in [0.1, 0.15) is 5.75 Å². The van der Waals surface area contributed by atoms with Gasteiger partial charge in [-0.2, -0.15) is 0 Å². The monoisotopic (exact) mass is 383 g/mol. The van der Waals surface area contributed by atoms with E-state index in [1.54, 1.807) is 54.3 Å². The number of hydrogen-bond donors (Lipinski definition) is 2. The van der Waals surface area contributed by atoms with Crippen molar-refractivity contribution in [3.8, 4) is 17.3 Å². The van der Waals surface area contributed by atoms with E-state index >= 15 is 0 Å². The Hall–Kier alpha value is -3.49. The minimum Gasteiger partial charge on any atom is -0.497 e. The van der Waals surface area contributed by atoms with Crippen molar-refractivity contribution in [1.29, 1.82) is 0 Å². The highest BCUT2D eigenvalue weighted by molar-refractivity contribution is 5.89. The number of furan rings is 1. The SMILES string of the molecule is COc1ccc(NC(=O)NCCn2nc(-c3ccco3)n(C3CC3)c2=O)cc1. The first-order chi connectivity index (χ1) is 13.7. The maximum atomic E-state index is 12.7. The quantitative estimate of drug-likeness (QED) is 0.652. The number of amides is 2. The van der Waals surface area contributed by atoms with Gasteiger partial charge in [0.05, 0.1) is 19.9 Å². The molecule has 0 saturated heterocycles. The number of nitrogens with one attached hydrogen (secondary N) is 2. The van der Waals surface area contributed by atoms with E-state index in [-0.39, 0.29) is 30.9 Å². The standard InChI is InChI=1S/C19H21N5O4/c1-27-15-8-4-13(5-9-15)21-18(25)20-10-11-23-19(26)24(14-6-7-14)17(22-23)16-3-2-12-28-16/h2-5,8-9,12,14H,6-7,10-11H2,1H3,(H2,20,21,25). The molecular formula is C19H21N5O4. The van der Waals surface area contributed by atoms with Crippen LogP contribution < -0.4 is 21.1 Å². The summed E-state index contributed by atoms with van der Waals surface area (Å²) in [6.07, 6.45) is 3.48. The highest BCUT2D eigenvalue weighted by Gasteiger charge is 2.31. The van der Waals surface area contributed by atoms with Gasteiger partial charge >= 0.3 is 11.7 Å². The molecule has 1 saturated carbocycles. The second kappa shape index (κ2) is 7.63. The third-order valence-electron chi connectivity index (χ3n) is 4.48. The summed E-state index contributed by atoms with van der Waals surface area (Å²) in [4.78, 5) is 24.7. The van der Waals surface area contributed by atoms with Crippen LogP contribution in [0, 0.1) is 0 Å². The Bertz CT molecular complexity index is 1000. The first-order valence-corrected chi connectivity index (χ1v) is 9.08. The molecule has 2 amide bonds. The molecular weight excluding hydrogens is 362 g/mol. The van der Waals surface area contributed by atoms with E-state index in [1.165, 1.54) is 4.68 Å². The van der Waals surface area contributed by atoms with Crippen LogP contribution in [0.1, 0.15) is 18.9 Å². The van der Waals surface area contributed by atoms with Crippen LogP contribution in [0.25, 0.3) is 11.6 Å². The summed E-state index contributed by atoms with van der Waals surface area (Å²) in [7, 11) is 1.58. The Morgan fingerprint density at radius 3 is 2.71 bits per heavy atom. The van der Waals surface area contributed by atoms with Crippen LogP contribution in [0.5, 0.6) is 5.75 Å². The van der Waals surface area contributed by atoms with Gasteiger partial charge in [-0.3, -0.25) is 4.57 Å². The molecule has 2 N–H and O–H groups in total. The second-order valence-electron chi connectivity index (χ2n) is 6.52. The van der Waals surface area contributed by atoms with Gasteiger partial charge in [-0.1, -0.05) is 0 Å². The molecule has 2 heterocycles. The number of rotatable bonds is 7. The van der Waals surface area contributed by atoms with E-state index in [9.17, 15) is 9.59 Å². The summed E-state index contributed by atoms with van der Waals surface area (Å²) in [5.74, 6) is 1.80. The summed E-state index contributed by atoms with van der Waals surface area (Å²) < 4.78 is 13.5. The van der Waals surface area contributed by atoms with Crippen molar-refractivity contribution in [3.63, 3.8) is 0 Å². The zero-order valence-corrected chi connectivity index (χ0v) is 15.4. The van der Waals surface area contributed by atoms with E-state index < -0.39 is 0 Å². The van der Waals surface area contributed by atoms with E-state index in [2.05, 4.69) is 15.7 Å². The predicted octanol–water partition coefficient (Wildman–Crippen LogP) is 2.47. The van der Waals surface area contributed by atoms with E-state index in [0.29, 0.717) is 23.0 Å². The van der Waals surface area contributed by atoms with Gasteiger partial charge in [-0.05, 0) is 49.2 Å². The van der Waals surface area contributed by atoms with Gasteiger partial charge in [0.15, 0.2) is 5.76 Å². The van der Waals surface area contributed by atoms with Crippen LogP contribution in [0.3, 0.4) is 0 Å². The maximum Gasteiger partial charge on any atom is 0.346 e. The molecule has 3 aromatic rings. The zero-order chi connectivity index (χ0) is 19.5. The molecule has 9 heteroatoms. The highest BCUT2D eigenvalue weighted by Crippen LogP contribution is 2.36. The van der Waals surface area contributed by atoms with E-state index in [0.717, 1.165) is 12.8 Å². The summed E-state index contributed by atoms with van der Waals surface area (Å²) in [5.41, 5.74) is 0.458. The van der Waals surface area contributed by atoms with Crippen LogP contribution in [0.2, 0.25) is 0 Å². The molecule has 0 atom stereocenters. The summed E-state index contributed by atoms with van der Waals surface area (Å²) in [6, 6.07) is 10.4. The van der Waals surface area contributed by atoms with E-state index in [1.807, 2.05) is 0 Å². The fourth-order valence-corrected chi connectivity index (χ4v) is 2.93. The number of methoxy groups -OCH3 is 1. The van der Waals surface area contributed by atoms with Crippen molar-refractivity contribution in [2.45, 2.75) is 25.4 Å². The van der Waals surface area contributed by atoms with Crippen molar-refractivity contribution in [1.82, 2.24) is 19.7 Å². The topological polar surface area (TPSA) is 103 Å². The highest BCUT2D eigenvalue weighted by atomic mass is 16.5. The lowest BCUT2D eigenvalue weighted by molar-refractivity contribution is 0.251. The van der Waals surface area contributed by atoms with Gasteiger partial charge < -0.3 is 19.8 Å². The van der Waals surface area contributed by atoms with Gasteiger partial charge in [-0.15, -0.1) is 5.10 Å². The minimum atomic E-state index is -0.355. The molecule has 1 aromatic carbocycles. The molecule has 0 unspecified atom stereocenters. The molecule has 1 aliphatic carbocycles. The first kappa shape index (κ1) is 17.9. The zero-order valence-electron chi connectivity index (χ0n) is 15.4. The molecule has 9 nitrogen and oxygen atoms in total. The van der Waals surface area contributed by atoms with Crippen molar-refractivity contribution >= 4 is 11.7 Å². The molecule has 0 aliphatic heterocycles. The van der Waals surface area contributed by atoms with Crippen molar-refractivity contribution in [3.05, 3.63) is 53.1 Å². The van der Waals surface area contributed by atoms with Crippen LogP contribution in [-0.2, 0) is 6.54 Å². The predicted molar refractivity (Wildman–Crippen MR) is 102 cm³/mol. The third-order valence-corrected chi connectivity index (χ3v) is 4.48. The molecule has 0 radical (unpaired) electrons. The first-order valence-electron chi connectivity index (χ1n) is 9.08. The number of aromatic nitrogens is 3. The minimum absolute atomic E-state index is 0.174. The number of anilines is 1. The average Bonchev–Trinajstić information content (AvgIpc) is 3.27. The number of ether oxygens (including phenoxy) is 1. The molecule has 146 valence electrons. The lowest BCUT2D eigenvalue weighted by Gasteiger charge is -2.08. The molecule has 0 spiro atoms. The maximum absolute atomic E-state index is 12.7. The van der Waals surface area contributed by atoms with Gasteiger partial charge in [0, 0.05) is 18.3 Å². The lowest BCUT2D eigenvalue weighted by atomic mass is 10.3. The molecule has 28 heavy (non-hydrogen) atoms. The molecule has 0 bridgehead atoms. The fraction of sp³-hybridized carbons (Fsp3) is 0.316. The summed E-state index contributed by atoms with van der Waals surface area (Å²) >= 11 is 0. The van der Waals surface area contributed by atoms with Crippen molar-refractivity contribution in [2.75, 3.05) is 19.0 Å². The fourth-order valence-electron chi connectivity index (χ4n) is 2.93. The van der Waals surface area contributed by atoms with Crippen LogP contribution in [-0.4, -0.2) is 34.0 Å². The molecule has 1 fully saturated rings. The summed E-state index contributed by atoms with van der Waals surface area (Å²) in [5, 5.41) is 9.86. The lowest BCUT2D eigenvalue weighted by Crippen LogP contribution is -2.34. The Labute approximate surface area is 160 Å². The molecule has 2 aromatic heterocycles. The number of benzene rings is 1. The van der Waals surface area contributed by atoms with Crippen LogP contribution >= 0.6 is 0 Å². The van der Waals surface area contributed by atoms with Gasteiger partial charge in [0.2, 0.25) is 5.82 Å². The van der Waals surface area contributed by atoms with Gasteiger partial charge in [-0.25, -0.2) is 14.3 Å². The Morgan fingerprint density at radius 1 is 1.29 bits per heavy atom. The number of carbonyl (C=O) groups excluding carboxylic acids is 1. The molecule has 1 aliphatic rings. The smallest absolute Gasteiger partial charge is 0.346 e. The number of urea groups is 1.